The van der Waals surface area contributed by atoms with Gasteiger partial charge >= 0.3 is 0 Å². The predicted molar refractivity (Wildman–Crippen MR) is 179 cm³/mol. The third-order valence-corrected chi connectivity index (χ3v) is 8.88. The number of nitrogens with one attached hydrogen (secondary N) is 2. The van der Waals surface area contributed by atoms with Crippen LogP contribution in [-0.4, -0.2) is 47.7 Å². The molecule has 2 aliphatic heterocycles. The zero-order valence-electron chi connectivity index (χ0n) is 28.6. The van der Waals surface area contributed by atoms with Crippen LogP contribution in [0, 0.1) is 37.1 Å². The minimum Gasteiger partial charge on any atom is -0.317 e. The predicted octanol–water partition coefficient (Wildman–Crippen LogP) is 6.35. The van der Waals surface area contributed by atoms with Crippen LogP contribution in [0.5, 0.6) is 0 Å². The molecule has 260 valence electrons. The van der Waals surface area contributed by atoms with Crippen molar-refractivity contribution < 1.29 is 36.7 Å². The largest absolute Gasteiger partial charge is 0.317 e. The Morgan fingerprint density at radius 1 is 0.640 bits per heavy atom. The minimum atomic E-state index is -1.03. The molecule has 0 saturated carbocycles. The molecule has 6 rings (SSSR count). The standard InChI is InChI=1S/2C18H17F2N3O2/c2*1-9-7-10(5-6-21-9)16(24)22-14-12(19)8-11-15(13(14)20)23(4)17(25)18(11,2)3/h2*5-8H,1-4H3,(H,22,24). The van der Waals surface area contributed by atoms with Gasteiger partial charge < -0.3 is 20.4 Å². The van der Waals surface area contributed by atoms with Gasteiger partial charge in [-0.3, -0.25) is 29.1 Å². The first kappa shape index (κ1) is 35.6. The molecular weight excluding hydrogens is 656 g/mol. The zero-order valence-corrected chi connectivity index (χ0v) is 28.6. The first-order valence-electron chi connectivity index (χ1n) is 15.4. The van der Waals surface area contributed by atoms with E-state index in [4.69, 9.17) is 0 Å². The van der Waals surface area contributed by atoms with Crippen LogP contribution in [0.15, 0.2) is 48.8 Å². The second kappa shape index (κ2) is 12.7. The molecule has 2 N–H and O–H groups in total. The lowest BCUT2D eigenvalue weighted by Crippen LogP contribution is -2.33. The topological polar surface area (TPSA) is 125 Å². The monoisotopic (exact) mass is 690 g/mol. The van der Waals surface area contributed by atoms with Crippen LogP contribution < -0.4 is 20.4 Å². The number of likely N-dealkylation sites (N-methyl/N-ethyl adjacent to an activating group) is 2. The summed E-state index contributed by atoms with van der Waals surface area (Å²) in [4.78, 5) is 59.4. The molecule has 0 bridgehead atoms. The Labute approximate surface area is 285 Å². The fourth-order valence-corrected chi connectivity index (χ4v) is 6.07. The van der Waals surface area contributed by atoms with E-state index in [9.17, 15) is 36.7 Å². The van der Waals surface area contributed by atoms with Gasteiger partial charge in [-0.1, -0.05) is 0 Å². The molecule has 10 nitrogen and oxygen atoms in total. The number of halogens is 4. The van der Waals surface area contributed by atoms with Crippen LogP contribution in [0.2, 0.25) is 0 Å². The number of anilines is 4. The first-order chi connectivity index (χ1) is 23.3. The number of hydrogen-bond donors (Lipinski definition) is 2. The summed E-state index contributed by atoms with van der Waals surface area (Å²) < 4.78 is 58.7. The van der Waals surface area contributed by atoms with E-state index in [1.165, 1.54) is 50.8 Å². The van der Waals surface area contributed by atoms with Crippen molar-refractivity contribution in [3.8, 4) is 0 Å². The molecule has 2 aliphatic rings. The van der Waals surface area contributed by atoms with Crippen LogP contribution in [0.3, 0.4) is 0 Å². The van der Waals surface area contributed by atoms with Gasteiger partial charge in [-0.15, -0.1) is 0 Å². The Morgan fingerprint density at radius 2 is 0.980 bits per heavy atom. The Hall–Kier alpha value is -5.66. The summed E-state index contributed by atoms with van der Waals surface area (Å²) in [7, 11) is 2.85. The van der Waals surface area contributed by atoms with Crippen LogP contribution in [0.1, 0.15) is 70.9 Å². The average Bonchev–Trinajstić information content (AvgIpc) is 3.33. The van der Waals surface area contributed by atoms with E-state index in [1.807, 2.05) is 0 Å². The third kappa shape index (κ3) is 5.94. The number of nitrogens with zero attached hydrogens (tertiary/aromatic N) is 4. The molecule has 0 fully saturated rings. The molecule has 14 heteroatoms. The van der Waals surface area contributed by atoms with E-state index in [-0.39, 0.29) is 45.4 Å². The maximum Gasteiger partial charge on any atom is 0.255 e. The van der Waals surface area contributed by atoms with Crippen molar-refractivity contribution in [2.75, 3.05) is 34.5 Å². The van der Waals surface area contributed by atoms with E-state index in [1.54, 1.807) is 41.5 Å². The first-order valence-corrected chi connectivity index (χ1v) is 15.4. The molecule has 0 saturated heterocycles. The van der Waals surface area contributed by atoms with Gasteiger partial charge in [-0.2, -0.15) is 0 Å². The van der Waals surface area contributed by atoms with Gasteiger partial charge in [0.1, 0.15) is 23.0 Å². The molecule has 4 aromatic rings. The molecule has 4 amide bonds. The van der Waals surface area contributed by atoms with Gasteiger partial charge in [0.25, 0.3) is 11.8 Å². The normalized spacial score (nSPS) is 15.3. The highest BCUT2D eigenvalue weighted by Gasteiger charge is 2.46. The van der Waals surface area contributed by atoms with Gasteiger partial charge in [0.05, 0.1) is 22.2 Å². The van der Waals surface area contributed by atoms with E-state index >= 15 is 0 Å². The van der Waals surface area contributed by atoms with Gasteiger partial charge in [0.2, 0.25) is 11.8 Å². The lowest BCUT2D eigenvalue weighted by atomic mass is 9.86. The summed E-state index contributed by atoms with van der Waals surface area (Å²) >= 11 is 0. The quantitative estimate of drug-likeness (QED) is 0.241. The van der Waals surface area contributed by atoms with Crippen molar-refractivity contribution in [2.45, 2.75) is 52.4 Å². The molecule has 0 aliphatic carbocycles. The molecule has 0 radical (unpaired) electrons. The fraction of sp³-hybridized carbons (Fsp3) is 0.278. The lowest BCUT2D eigenvalue weighted by Gasteiger charge is -2.16. The molecule has 0 spiro atoms. The second-order valence-electron chi connectivity index (χ2n) is 13.1. The van der Waals surface area contributed by atoms with Gasteiger partial charge in [-0.05, 0) is 89.1 Å². The van der Waals surface area contributed by atoms with Crippen LogP contribution in [-0.2, 0) is 20.4 Å². The second-order valence-corrected chi connectivity index (χ2v) is 13.1. The highest BCUT2D eigenvalue weighted by atomic mass is 19.1. The molecular formula is C36H34F4N6O4. The number of carbonyl (C=O) groups excluding carboxylic acids is 4. The SMILES string of the molecule is Cc1cc(C(=O)Nc2c(F)cc3c(c2F)N(C)C(=O)C3(C)C)ccn1.Cc1cc(C(=O)Nc2c(F)cc3c(c2F)N(C)C(=O)C3(C)C)ccn1. The van der Waals surface area contributed by atoms with E-state index in [0.29, 0.717) is 11.4 Å². The average molecular weight is 691 g/mol. The summed E-state index contributed by atoms with van der Waals surface area (Å²) in [6.45, 7) is 9.83. The molecule has 0 atom stereocenters. The van der Waals surface area contributed by atoms with Gasteiger partial charge in [0, 0.05) is 49.0 Å². The summed E-state index contributed by atoms with van der Waals surface area (Å²) in [5.74, 6) is -5.77. The van der Waals surface area contributed by atoms with Crippen molar-refractivity contribution in [3.63, 3.8) is 0 Å². The molecule has 4 heterocycles. The molecule has 50 heavy (non-hydrogen) atoms. The number of pyridine rings is 2. The summed E-state index contributed by atoms with van der Waals surface area (Å²) in [5, 5.41) is 4.52. The summed E-state index contributed by atoms with van der Waals surface area (Å²) in [6, 6.07) is 8.13. The van der Waals surface area contributed by atoms with Crippen molar-refractivity contribution in [1.29, 1.82) is 0 Å². The molecule has 2 aromatic heterocycles. The van der Waals surface area contributed by atoms with Crippen molar-refractivity contribution >= 4 is 46.4 Å². The maximum absolute atomic E-state index is 14.9. The number of rotatable bonds is 4. The number of amides is 4. The van der Waals surface area contributed by atoms with Crippen molar-refractivity contribution in [1.82, 2.24) is 9.97 Å². The summed E-state index contributed by atoms with van der Waals surface area (Å²) in [6.07, 6.45) is 2.88. The van der Waals surface area contributed by atoms with E-state index < -0.39 is 57.3 Å². The number of hydrogen-bond acceptors (Lipinski definition) is 6. The van der Waals surface area contributed by atoms with Gasteiger partial charge in [-0.25, -0.2) is 17.6 Å². The minimum absolute atomic E-state index is 0.0161. The van der Waals surface area contributed by atoms with Crippen molar-refractivity contribution in [3.05, 3.63) is 106 Å². The van der Waals surface area contributed by atoms with Crippen LogP contribution in [0.25, 0.3) is 0 Å². The number of benzene rings is 2. The lowest BCUT2D eigenvalue weighted by molar-refractivity contribution is -0.122. The Balaban J connectivity index is 0.000000194. The maximum atomic E-state index is 14.9. The smallest absolute Gasteiger partial charge is 0.255 e. The van der Waals surface area contributed by atoms with Crippen LogP contribution in [0.4, 0.5) is 40.3 Å². The number of aromatic nitrogens is 2. The fourth-order valence-electron chi connectivity index (χ4n) is 6.07. The summed E-state index contributed by atoms with van der Waals surface area (Å²) in [5.41, 5.74) is -1.05. The Kier molecular flexibility index (Phi) is 9.02. The number of aryl methyl sites for hydroxylation is 2. The molecule has 2 aromatic carbocycles. The van der Waals surface area contributed by atoms with E-state index in [0.717, 1.165) is 21.9 Å². The highest BCUT2D eigenvalue weighted by molar-refractivity contribution is 6.10. The molecule has 0 unspecified atom stereocenters. The van der Waals surface area contributed by atoms with Crippen LogP contribution >= 0.6 is 0 Å². The zero-order chi connectivity index (χ0) is 37.0. The third-order valence-electron chi connectivity index (χ3n) is 8.88. The van der Waals surface area contributed by atoms with Crippen molar-refractivity contribution in [2.24, 2.45) is 0 Å². The number of carbonyl (C=O) groups is 4. The van der Waals surface area contributed by atoms with Gasteiger partial charge in [0.15, 0.2) is 11.6 Å². The number of fused-ring (bicyclic) bond motifs is 2. The highest BCUT2D eigenvalue weighted by Crippen LogP contribution is 2.46. The Bertz CT molecular complexity index is 1970. The van der Waals surface area contributed by atoms with E-state index in [2.05, 4.69) is 20.6 Å². The Morgan fingerprint density at radius 3 is 1.30 bits per heavy atom.